The molecular formula is C47H66O5. The van der Waals surface area contributed by atoms with Gasteiger partial charge in [-0.1, -0.05) is 83.2 Å². The molecule has 5 rings (SSSR count). The van der Waals surface area contributed by atoms with Crippen molar-refractivity contribution in [3.8, 4) is 11.5 Å². The van der Waals surface area contributed by atoms with Crippen LogP contribution in [-0.4, -0.2) is 33.5 Å². The van der Waals surface area contributed by atoms with Gasteiger partial charge in [-0.3, -0.25) is 0 Å². The number of phenolic OH excluding ortho intramolecular Hbond substituents is 1. The molecule has 1 aliphatic heterocycles. The van der Waals surface area contributed by atoms with E-state index in [9.17, 15) is 15.0 Å². The molecule has 2 aromatic rings. The number of ether oxygens (including phenoxy) is 2. The van der Waals surface area contributed by atoms with Crippen molar-refractivity contribution in [1.29, 1.82) is 0 Å². The number of allylic oxidation sites excluding steroid dienone is 3. The van der Waals surface area contributed by atoms with E-state index in [1.165, 1.54) is 16.7 Å². The van der Waals surface area contributed by atoms with Gasteiger partial charge < -0.3 is 19.7 Å². The molecule has 4 atom stereocenters. The van der Waals surface area contributed by atoms with Gasteiger partial charge in [-0.2, -0.15) is 0 Å². The maximum Gasteiger partial charge on any atom is 0.339 e. The van der Waals surface area contributed by atoms with Crippen LogP contribution in [0.15, 0.2) is 47.6 Å². The second kappa shape index (κ2) is 14.8. The molecule has 0 saturated heterocycles. The summed E-state index contributed by atoms with van der Waals surface area (Å²) in [5, 5.41) is 23.8. The maximum atomic E-state index is 14.9. The zero-order chi connectivity index (χ0) is 38.4. The first-order chi connectivity index (χ1) is 24.3. The van der Waals surface area contributed by atoms with Gasteiger partial charge in [0.1, 0.15) is 28.8 Å². The summed E-state index contributed by atoms with van der Waals surface area (Å²) in [7, 11) is 0. The fourth-order valence-corrected chi connectivity index (χ4v) is 9.81. The molecule has 1 heterocycles. The van der Waals surface area contributed by atoms with Crippen LogP contribution < -0.4 is 4.74 Å². The molecule has 0 bridgehead atoms. The average Bonchev–Trinajstić information content (AvgIpc) is 3.04. The van der Waals surface area contributed by atoms with Crippen molar-refractivity contribution in [3.05, 3.63) is 86.5 Å². The van der Waals surface area contributed by atoms with E-state index in [0.29, 0.717) is 35.3 Å². The molecule has 0 saturated carbocycles. The predicted octanol–water partition coefficient (Wildman–Crippen LogP) is 11.7. The Kier molecular flexibility index (Phi) is 11.4. The van der Waals surface area contributed by atoms with Crippen LogP contribution in [0, 0.1) is 19.3 Å². The molecule has 0 fully saturated rings. The number of aryl methyl sites for hydroxylation is 3. The molecule has 0 amide bonds. The lowest BCUT2D eigenvalue weighted by atomic mass is 9.53. The number of unbranched alkanes of at least 4 members (excludes halogenated alkanes) is 4. The highest BCUT2D eigenvalue weighted by Gasteiger charge is 2.52. The number of phenols is 1. The van der Waals surface area contributed by atoms with Crippen LogP contribution in [-0.2, 0) is 23.0 Å². The maximum absolute atomic E-state index is 14.9. The van der Waals surface area contributed by atoms with Gasteiger partial charge >= 0.3 is 5.97 Å². The van der Waals surface area contributed by atoms with Crippen LogP contribution in [0.5, 0.6) is 11.5 Å². The Hall–Kier alpha value is -3.31. The van der Waals surface area contributed by atoms with Gasteiger partial charge in [0.15, 0.2) is 0 Å². The summed E-state index contributed by atoms with van der Waals surface area (Å²) >= 11 is 0. The minimum absolute atomic E-state index is 0.100. The largest absolute Gasteiger partial charge is 0.507 e. The van der Waals surface area contributed by atoms with Crippen molar-refractivity contribution in [3.63, 3.8) is 0 Å². The van der Waals surface area contributed by atoms with Gasteiger partial charge in [0, 0.05) is 16.4 Å². The first-order valence-corrected chi connectivity index (χ1v) is 20.0. The highest BCUT2D eigenvalue weighted by Crippen LogP contribution is 2.57. The van der Waals surface area contributed by atoms with Gasteiger partial charge in [-0.15, -0.1) is 0 Å². The number of aliphatic hydroxyl groups excluding tert-OH is 1. The molecule has 5 heteroatoms. The van der Waals surface area contributed by atoms with Crippen molar-refractivity contribution < 1.29 is 24.5 Å². The summed E-state index contributed by atoms with van der Waals surface area (Å²) in [6, 6.07) is 6.05. The smallest absolute Gasteiger partial charge is 0.339 e. The van der Waals surface area contributed by atoms with Crippen LogP contribution in [0.2, 0.25) is 0 Å². The molecule has 2 aliphatic carbocycles. The number of hydrogen-bond donors (Lipinski definition) is 2. The molecule has 5 nitrogen and oxygen atoms in total. The van der Waals surface area contributed by atoms with E-state index in [1.807, 2.05) is 32.9 Å². The third-order valence-corrected chi connectivity index (χ3v) is 13.2. The molecule has 3 aliphatic rings. The quantitative estimate of drug-likeness (QED) is 0.130. The molecule has 2 aromatic carbocycles. The number of hydrogen-bond acceptors (Lipinski definition) is 5. The lowest BCUT2D eigenvalue weighted by molar-refractivity contribution is -0.0693. The van der Waals surface area contributed by atoms with Crippen molar-refractivity contribution in [2.45, 2.75) is 176 Å². The third-order valence-electron chi connectivity index (χ3n) is 13.2. The predicted molar refractivity (Wildman–Crippen MR) is 214 cm³/mol. The zero-order valence-electron chi connectivity index (χ0n) is 34.2. The van der Waals surface area contributed by atoms with Gasteiger partial charge in [0.25, 0.3) is 0 Å². The summed E-state index contributed by atoms with van der Waals surface area (Å²) in [6.07, 6.45) is 12.3. The highest BCUT2D eigenvalue weighted by molar-refractivity contribution is 5.94. The van der Waals surface area contributed by atoms with Crippen LogP contribution in [0.3, 0.4) is 0 Å². The standard InChI is InChI=1S/C47H66O5/c1-13-15-17-19-33-26-36(48)40-37(27-33)51-44(8,9)35-22-24-47(12,42(49)39(35)40)52-43(50)38-32(7)41(31(6)25-34(38)20-18-16-14-2)46(11)28-30(5)21-23-45(46,10)29(3)4/h25-28,42,48-49H,3,13-24H2,1-2,4-12H3. The Morgan fingerprint density at radius 1 is 0.942 bits per heavy atom. The lowest BCUT2D eigenvalue weighted by Gasteiger charge is -2.51. The number of benzene rings is 2. The topological polar surface area (TPSA) is 76.0 Å². The fraction of sp³-hybridized carbons (Fsp3) is 0.596. The van der Waals surface area contributed by atoms with Crippen LogP contribution >= 0.6 is 0 Å². The molecular weight excluding hydrogens is 645 g/mol. The van der Waals surface area contributed by atoms with Crippen molar-refractivity contribution >= 4 is 11.5 Å². The fourth-order valence-electron chi connectivity index (χ4n) is 9.81. The first kappa shape index (κ1) is 39.9. The SMILES string of the molecule is C=C(C)C1(C)CCC(C)=CC1(C)c1c(C)cc(CCCCC)c(C(=O)OC2(C)CCC3=C(c4c(O)cc(CCCCC)cc4OC3(C)C)C2O)c1C. The van der Waals surface area contributed by atoms with Gasteiger partial charge in [-0.05, 0) is 145 Å². The van der Waals surface area contributed by atoms with E-state index in [4.69, 9.17) is 9.47 Å². The summed E-state index contributed by atoms with van der Waals surface area (Å²) in [6.45, 7) is 28.0. The molecule has 2 N–H and O–H groups in total. The molecule has 0 radical (unpaired) electrons. The Balaban J connectivity index is 1.60. The molecule has 284 valence electrons. The van der Waals surface area contributed by atoms with Crippen molar-refractivity contribution in [2.75, 3.05) is 0 Å². The second-order valence-corrected chi connectivity index (χ2v) is 17.5. The summed E-state index contributed by atoms with van der Waals surface area (Å²) in [5.41, 5.74) is 8.08. The van der Waals surface area contributed by atoms with E-state index >= 15 is 0 Å². The van der Waals surface area contributed by atoms with E-state index < -0.39 is 23.3 Å². The Bertz CT molecular complexity index is 1790. The number of carbonyl (C=O) groups excluding carboxylic acids is 1. The van der Waals surface area contributed by atoms with Gasteiger partial charge in [0.05, 0.1) is 11.1 Å². The third kappa shape index (κ3) is 6.92. The Labute approximate surface area is 314 Å². The second-order valence-electron chi connectivity index (χ2n) is 17.5. The normalized spacial score (nSPS) is 26.6. The number of aliphatic hydroxyl groups is 1. The average molecular weight is 711 g/mol. The molecule has 0 spiro atoms. The Morgan fingerprint density at radius 3 is 2.23 bits per heavy atom. The van der Waals surface area contributed by atoms with Gasteiger partial charge in [-0.25, -0.2) is 4.79 Å². The monoisotopic (exact) mass is 710 g/mol. The van der Waals surface area contributed by atoms with Gasteiger partial charge in [0.2, 0.25) is 0 Å². The van der Waals surface area contributed by atoms with E-state index in [1.54, 1.807) is 0 Å². The van der Waals surface area contributed by atoms with E-state index in [0.717, 1.165) is 92.0 Å². The summed E-state index contributed by atoms with van der Waals surface area (Å²) < 4.78 is 13.2. The Morgan fingerprint density at radius 2 is 1.60 bits per heavy atom. The van der Waals surface area contributed by atoms with Crippen molar-refractivity contribution in [2.24, 2.45) is 5.41 Å². The summed E-state index contributed by atoms with van der Waals surface area (Å²) in [4.78, 5) is 14.9. The van der Waals surface area contributed by atoms with Crippen molar-refractivity contribution in [1.82, 2.24) is 0 Å². The molecule has 0 aromatic heterocycles. The number of aromatic hydroxyl groups is 1. The van der Waals surface area contributed by atoms with E-state index in [-0.39, 0.29) is 16.6 Å². The number of fused-ring (bicyclic) bond motifs is 2. The lowest BCUT2D eigenvalue weighted by Crippen LogP contribution is -2.51. The van der Waals surface area contributed by atoms with Crippen LogP contribution in [0.4, 0.5) is 0 Å². The highest BCUT2D eigenvalue weighted by atomic mass is 16.6. The van der Waals surface area contributed by atoms with Crippen LogP contribution in [0.25, 0.3) is 5.57 Å². The molecule has 4 unspecified atom stereocenters. The number of esters is 1. The summed E-state index contributed by atoms with van der Waals surface area (Å²) in [5.74, 6) is 0.283. The van der Waals surface area contributed by atoms with E-state index in [2.05, 4.69) is 74.1 Å². The number of carbonyl (C=O) groups is 1. The minimum atomic E-state index is -1.22. The van der Waals surface area contributed by atoms with Crippen LogP contribution in [0.1, 0.15) is 170 Å². The minimum Gasteiger partial charge on any atom is -0.507 e. The first-order valence-electron chi connectivity index (χ1n) is 20.0. The molecule has 52 heavy (non-hydrogen) atoms. The number of rotatable bonds is 12. The zero-order valence-corrected chi connectivity index (χ0v) is 34.2.